The Hall–Kier alpha value is -0.0600. The molecule has 2 N–H and O–H groups in total. The molecule has 0 saturated heterocycles. The second-order valence-corrected chi connectivity index (χ2v) is 6.70. The molecule has 1 aliphatic rings. The third-order valence-corrected chi connectivity index (χ3v) is 4.91. The summed E-state index contributed by atoms with van der Waals surface area (Å²) in [7, 11) is 2.19. The molecular formula is C11H17BrN2S. The highest BCUT2D eigenvalue weighted by molar-refractivity contribution is 9.11. The summed E-state index contributed by atoms with van der Waals surface area (Å²) >= 11 is 5.31. The number of hydrogen-bond acceptors (Lipinski definition) is 3. The fraction of sp³-hybridized carbons (Fsp3) is 0.636. The number of rotatable bonds is 2. The Kier molecular flexibility index (Phi) is 3.69. The van der Waals surface area contributed by atoms with Crippen molar-refractivity contribution in [3.63, 3.8) is 0 Å². The van der Waals surface area contributed by atoms with E-state index < -0.39 is 0 Å². The fourth-order valence-electron chi connectivity index (χ4n) is 2.16. The SMILES string of the molecule is CN(c1ccc(Br)s1)C1CCC(N)CC1. The third kappa shape index (κ3) is 2.74. The Balaban J connectivity index is 1.99. The minimum atomic E-state index is 0.435. The molecule has 0 radical (unpaired) electrons. The Labute approximate surface area is 104 Å². The van der Waals surface area contributed by atoms with E-state index in [1.807, 2.05) is 0 Å². The fourth-order valence-corrected chi connectivity index (χ4v) is 3.56. The second-order valence-electron chi connectivity index (χ2n) is 4.26. The van der Waals surface area contributed by atoms with Crippen LogP contribution >= 0.6 is 27.3 Å². The average molecular weight is 289 g/mol. The van der Waals surface area contributed by atoms with E-state index in [-0.39, 0.29) is 0 Å². The van der Waals surface area contributed by atoms with Crippen LogP contribution in [-0.4, -0.2) is 19.1 Å². The minimum absolute atomic E-state index is 0.435. The van der Waals surface area contributed by atoms with Crippen molar-refractivity contribution in [1.82, 2.24) is 0 Å². The molecule has 1 aromatic rings. The van der Waals surface area contributed by atoms with Crippen LogP contribution in [0.4, 0.5) is 5.00 Å². The number of halogens is 1. The summed E-state index contributed by atoms with van der Waals surface area (Å²) in [6.45, 7) is 0. The molecule has 0 amide bonds. The summed E-state index contributed by atoms with van der Waals surface area (Å²) in [5, 5.41) is 1.35. The molecule has 0 unspecified atom stereocenters. The van der Waals surface area contributed by atoms with Crippen molar-refractivity contribution >= 4 is 32.3 Å². The Morgan fingerprint density at radius 1 is 1.33 bits per heavy atom. The standard InChI is InChI=1S/C11H17BrN2S/c1-14(11-7-6-10(12)15-11)9-4-2-8(13)3-5-9/h6-9H,2-5,13H2,1H3. The maximum absolute atomic E-state index is 5.92. The Bertz CT molecular complexity index is 318. The second kappa shape index (κ2) is 4.85. The summed E-state index contributed by atoms with van der Waals surface area (Å²) in [6, 6.07) is 5.41. The molecular weight excluding hydrogens is 272 g/mol. The molecule has 4 heteroatoms. The molecule has 0 spiro atoms. The van der Waals surface area contributed by atoms with Crippen molar-refractivity contribution in [2.75, 3.05) is 11.9 Å². The highest BCUT2D eigenvalue weighted by Gasteiger charge is 2.22. The number of anilines is 1. The number of nitrogens with two attached hydrogens (primary N) is 1. The van der Waals surface area contributed by atoms with E-state index in [2.05, 4.69) is 40.0 Å². The molecule has 2 rings (SSSR count). The third-order valence-electron chi connectivity index (χ3n) is 3.20. The van der Waals surface area contributed by atoms with Gasteiger partial charge in [0, 0.05) is 19.1 Å². The van der Waals surface area contributed by atoms with Crippen molar-refractivity contribution < 1.29 is 0 Å². The molecule has 2 nitrogen and oxygen atoms in total. The Morgan fingerprint density at radius 2 is 2.00 bits per heavy atom. The maximum atomic E-state index is 5.92. The van der Waals surface area contributed by atoms with Crippen molar-refractivity contribution in [3.05, 3.63) is 15.9 Å². The van der Waals surface area contributed by atoms with Gasteiger partial charge in [0.15, 0.2) is 0 Å². The molecule has 0 atom stereocenters. The normalized spacial score (nSPS) is 26.6. The lowest BCUT2D eigenvalue weighted by molar-refractivity contribution is 0.386. The van der Waals surface area contributed by atoms with Gasteiger partial charge in [0.1, 0.15) is 0 Å². The lowest BCUT2D eigenvalue weighted by Gasteiger charge is -2.34. The van der Waals surface area contributed by atoms with Gasteiger partial charge >= 0.3 is 0 Å². The summed E-state index contributed by atoms with van der Waals surface area (Å²) in [4.78, 5) is 2.40. The van der Waals surface area contributed by atoms with Crippen LogP contribution in [0.25, 0.3) is 0 Å². The van der Waals surface area contributed by atoms with Gasteiger partial charge in [-0.3, -0.25) is 0 Å². The summed E-state index contributed by atoms with van der Waals surface area (Å²) in [6.07, 6.45) is 4.80. The predicted octanol–water partition coefficient (Wildman–Crippen LogP) is 3.22. The van der Waals surface area contributed by atoms with Gasteiger partial charge < -0.3 is 10.6 Å². The van der Waals surface area contributed by atoms with Crippen LogP contribution < -0.4 is 10.6 Å². The first-order valence-corrected chi connectivity index (χ1v) is 7.01. The number of thiophene rings is 1. The van der Waals surface area contributed by atoms with Crippen LogP contribution in [0.5, 0.6) is 0 Å². The van der Waals surface area contributed by atoms with E-state index in [1.54, 1.807) is 11.3 Å². The molecule has 0 bridgehead atoms. The zero-order valence-electron chi connectivity index (χ0n) is 8.95. The smallest absolute Gasteiger partial charge is 0.0920 e. The highest BCUT2D eigenvalue weighted by atomic mass is 79.9. The van der Waals surface area contributed by atoms with E-state index in [0.29, 0.717) is 12.1 Å². The lowest BCUT2D eigenvalue weighted by atomic mass is 9.91. The highest BCUT2D eigenvalue weighted by Crippen LogP contribution is 2.33. The molecule has 1 saturated carbocycles. The van der Waals surface area contributed by atoms with Crippen LogP contribution in [-0.2, 0) is 0 Å². The van der Waals surface area contributed by atoms with Gasteiger partial charge in [0.25, 0.3) is 0 Å². The van der Waals surface area contributed by atoms with Crippen LogP contribution in [0.3, 0.4) is 0 Å². The summed E-state index contributed by atoms with van der Waals surface area (Å²) in [5.74, 6) is 0. The predicted molar refractivity (Wildman–Crippen MR) is 70.7 cm³/mol. The molecule has 1 aromatic heterocycles. The van der Waals surface area contributed by atoms with Gasteiger partial charge in [-0.2, -0.15) is 0 Å². The van der Waals surface area contributed by atoms with Crippen LogP contribution in [0.2, 0.25) is 0 Å². The average Bonchev–Trinajstić information content (AvgIpc) is 2.65. The van der Waals surface area contributed by atoms with Gasteiger partial charge in [-0.25, -0.2) is 0 Å². The molecule has 0 aromatic carbocycles. The van der Waals surface area contributed by atoms with Gasteiger partial charge in [-0.05, 0) is 53.7 Å². The zero-order chi connectivity index (χ0) is 10.8. The zero-order valence-corrected chi connectivity index (χ0v) is 11.4. The summed E-state index contributed by atoms with van der Waals surface area (Å²) in [5.41, 5.74) is 5.92. The largest absolute Gasteiger partial charge is 0.363 e. The number of hydrogen-bond donors (Lipinski definition) is 1. The summed E-state index contributed by atoms with van der Waals surface area (Å²) < 4.78 is 1.21. The van der Waals surface area contributed by atoms with Crippen LogP contribution in [0.1, 0.15) is 25.7 Å². The van der Waals surface area contributed by atoms with E-state index in [9.17, 15) is 0 Å². The van der Waals surface area contributed by atoms with Gasteiger partial charge in [0.2, 0.25) is 0 Å². The topological polar surface area (TPSA) is 29.3 Å². The van der Waals surface area contributed by atoms with E-state index >= 15 is 0 Å². The lowest BCUT2D eigenvalue weighted by Crippen LogP contribution is -2.38. The first-order chi connectivity index (χ1) is 7.16. The first-order valence-electron chi connectivity index (χ1n) is 5.40. The monoisotopic (exact) mass is 288 g/mol. The van der Waals surface area contributed by atoms with E-state index in [0.717, 1.165) is 0 Å². The van der Waals surface area contributed by atoms with Crippen LogP contribution in [0.15, 0.2) is 15.9 Å². The van der Waals surface area contributed by atoms with Gasteiger partial charge in [-0.15, -0.1) is 11.3 Å². The minimum Gasteiger partial charge on any atom is -0.363 e. The van der Waals surface area contributed by atoms with Gasteiger partial charge in [0.05, 0.1) is 8.79 Å². The van der Waals surface area contributed by atoms with Gasteiger partial charge in [-0.1, -0.05) is 0 Å². The van der Waals surface area contributed by atoms with Crippen molar-refractivity contribution in [2.45, 2.75) is 37.8 Å². The molecule has 15 heavy (non-hydrogen) atoms. The van der Waals surface area contributed by atoms with Crippen molar-refractivity contribution in [1.29, 1.82) is 0 Å². The van der Waals surface area contributed by atoms with Crippen molar-refractivity contribution in [3.8, 4) is 0 Å². The molecule has 1 aliphatic carbocycles. The van der Waals surface area contributed by atoms with Crippen LogP contribution in [0, 0.1) is 0 Å². The first kappa shape index (κ1) is 11.4. The van der Waals surface area contributed by atoms with E-state index in [4.69, 9.17) is 5.73 Å². The number of nitrogens with zero attached hydrogens (tertiary/aromatic N) is 1. The molecule has 1 fully saturated rings. The Morgan fingerprint density at radius 3 is 2.53 bits per heavy atom. The van der Waals surface area contributed by atoms with E-state index in [1.165, 1.54) is 34.5 Å². The van der Waals surface area contributed by atoms with Crippen molar-refractivity contribution in [2.24, 2.45) is 5.73 Å². The molecule has 1 heterocycles. The molecule has 84 valence electrons. The molecule has 0 aliphatic heterocycles. The maximum Gasteiger partial charge on any atom is 0.0920 e. The quantitative estimate of drug-likeness (QED) is 0.905.